The minimum atomic E-state index is -0.190. The number of nitrogens with one attached hydrogen (secondary N) is 1. The van der Waals surface area contributed by atoms with Crippen molar-refractivity contribution in [3.05, 3.63) is 29.8 Å². The normalized spacial score (nSPS) is 11.9. The summed E-state index contributed by atoms with van der Waals surface area (Å²) in [5.41, 5.74) is 1.84. The predicted octanol–water partition coefficient (Wildman–Crippen LogP) is 2.52. The Morgan fingerprint density at radius 1 is 1.50 bits per heavy atom. The summed E-state index contributed by atoms with van der Waals surface area (Å²) in [6.45, 7) is 1.87. The molecule has 1 aromatic carbocycles. The van der Waals surface area contributed by atoms with Gasteiger partial charge in [-0.3, -0.25) is 4.79 Å². The molecule has 0 aliphatic carbocycles. The van der Waals surface area contributed by atoms with Crippen molar-refractivity contribution in [3.63, 3.8) is 0 Å². The van der Waals surface area contributed by atoms with Crippen molar-refractivity contribution in [2.24, 2.45) is 0 Å². The molecule has 1 unspecified atom stereocenters. The number of hydrogen-bond donors (Lipinski definition) is 1. The Kier molecular flexibility index (Phi) is 5.19. The van der Waals surface area contributed by atoms with Crippen LogP contribution >= 0.6 is 11.8 Å². The number of esters is 1. The van der Waals surface area contributed by atoms with Crippen LogP contribution in [0.2, 0.25) is 0 Å². The molecule has 3 nitrogen and oxygen atoms in total. The van der Waals surface area contributed by atoms with Crippen LogP contribution in [0.4, 0.5) is 5.69 Å². The second-order valence-electron chi connectivity index (χ2n) is 3.38. The van der Waals surface area contributed by atoms with E-state index in [0.717, 1.165) is 11.3 Å². The van der Waals surface area contributed by atoms with Crippen molar-refractivity contribution in [2.75, 3.05) is 18.6 Å². The lowest BCUT2D eigenvalue weighted by molar-refractivity contribution is -0.143. The highest BCUT2D eigenvalue weighted by molar-refractivity contribution is 7.99. The summed E-state index contributed by atoms with van der Waals surface area (Å²) >= 11 is 1.51. The van der Waals surface area contributed by atoms with Gasteiger partial charge < -0.3 is 10.1 Å². The lowest BCUT2D eigenvalue weighted by atomic mass is 10.1. The zero-order valence-electron chi connectivity index (χ0n) is 9.82. The van der Waals surface area contributed by atoms with Crippen LogP contribution in [-0.2, 0) is 16.0 Å². The molecular weight excluding hydrogens is 222 g/mol. The number of para-hydroxylation sites is 1. The number of carbonyl (C=O) groups is 1. The van der Waals surface area contributed by atoms with Crippen molar-refractivity contribution in [1.82, 2.24) is 0 Å². The van der Waals surface area contributed by atoms with E-state index in [1.54, 1.807) is 0 Å². The maximum atomic E-state index is 11.6. The fourth-order valence-corrected chi connectivity index (χ4v) is 1.55. The van der Waals surface area contributed by atoms with Gasteiger partial charge >= 0.3 is 5.97 Å². The van der Waals surface area contributed by atoms with Crippen LogP contribution in [0.5, 0.6) is 0 Å². The summed E-state index contributed by atoms with van der Waals surface area (Å²) in [4.78, 5) is 11.6. The molecular formula is C12H17NO2S. The molecule has 0 spiro atoms. The summed E-state index contributed by atoms with van der Waals surface area (Å²) in [6, 6.07) is 7.73. The number of hydrogen-bond acceptors (Lipinski definition) is 4. The Morgan fingerprint density at radius 3 is 2.81 bits per heavy atom. The summed E-state index contributed by atoms with van der Waals surface area (Å²) in [5.74, 6) is -0.190. The smallest absolute Gasteiger partial charge is 0.311 e. The Morgan fingerprint density at radius 2 is 2.19 bits per heavy atom. The van der Waals surface area contributed by atoms with Crippen LogP contribution < -0.4 is 5.32 Å². The van der Waals surface area contributed by atoms with Gasteiger partial charge in [0.2, 0.25) is 0 Å². The lowest BCUT2D eigenvalue weighted by Gasteiger charge is -2.12. The zero-order valence-corrected chi connectivity index (χ0v) is 10.6. The van der Waals surface area contributed by atoms with Crippen LogP contribution in [0.3, 0.4) is 0 Å². The van der Waals surface area contributed by atoms with Crippen molar-refractivity contribution in [3.8, 4) is 0 Å². The molecule has 0 amide bonds. The minimum Gasteiger partial charge on any atom is -0.451 e. The molecule has 1 N–H and O–H groups in total. The molecule has 88 valence electrons. The van der Waals surface area contributed by atoms with Gasteiger partial charge in [0.15, 0.2) is 0 Å². The standard InChI is InChI=1S/C12H17NO2S/c1-9(16-3)15-12(14)8-10-6-4-5-7-11(10)13-2/h4-7,9,13H,8H2,1-3H3. The Balaban J connectivity index is 2.62. The molecule has 0 saturated heterocycles. The molecule has 0 heterocycles. The van der Waals surface area contributed by atoms with Crippen LogP contribution in [0.15, 0.2) is 24.3 Å². The fourth-order valence-electron chi connectivity index (χ4n) is 1.35. The third-order valence-corrected chi connectivity index (χ3v) is 3.01. The van der Waals surface area contributed by atoms with Gasteiger partial charge in [-0.2, -0.15) is 0 Å². The molecule has 1 aromatic rings. The summed E-state index contributed by atoms with van der Waals surface area (Å²) in [7, 11) is 1.84. The zero-order chi connectivity index (χ0) is 12.0. The number of rotatable bonds is 5. The molecule has 0 aliphatic heterocycles. The number of carbonyl (C=O) groups excluding carboxylic acids is 1. The van der Waals surface area contributed by atoms with E-state index in [1.807, 2.05) is 44.5 Å². The minimum absolute atomic E-state index is 0.0887. The van der Waals surface area contributed by atoms with E-state index in [2.05, 4.69) is 5.32 Å². The number of ether oxygens (including phenoxy) is 1. The topological polar surface area (TPSA) is 38.3 Å². The third-order valence-electron chi connectivity index (χ3n) is 2.25. The molecule has 1 atom stereocenters. The number of thioether (sulfide) groups is 1. The van der Waals surface area contributed by atoms with Crippen molar-refractivity contribution in [1.29, 1.82) is 0 Å². The van der Waals surface area contributed by atoms with E-state index < -0.39 is 0 Å². The van der Waals surface area contributed by atoms with Crippen LogP contribution in [-0.4, -0.2) is 24.7 Å². The lowest BCUT2D eigenvalue weighted by Crippen LogP contribution is -2.14. The van der Waals surface area contributed by atoms with E-state index in [1.165, 1.54) is 11.8 Å². The summed E-state index contributed by atoms with van der Waals surface area (Å²) < 4.78 is 5.20. The van der Waals surface area contributed by atoms with E-state index in [4.69, 9.17) is 4.74 Å². The van der Waals surface area contributed by atoms with Crippen molar-refractivity contribution in [2.45, 2.75) is 18.8 Å². The summed E-state index contributed by atoms with van der Waals surface area (Å²) in [5, 5.41) is 3.06. The van der Waals surface area contributed by atoms with E-state index in [0.29, 0.717) is 6.42 Å². The average molecular weight is 239 g/mol. The van der Waals surface area contributed by atoms with Gasteiger partial charge in [-0.05, 0) is 24.8 Å². The molecule has 0 saturated carbocycles. The van der Waals surface area contributed by atoms with Crippen molar-refractivity contribution < 1.29 is 9.53 Å². The van der Waals surface area contributed by atoms with E-state index in [9.17, 15) is 4.79 Å². The van der Waals surface area contributed by atoms with Gasteiger partial charge in [0.25, 0.3) is 0 Å². The quantitative estimate of drug-likeness (QED) is 0.633. The second-order valence-corrected chi connectivity index (χ2v) is 4.51. The van der Waals surface area contributed by atoms with Crippen LogP contribution in [0.25, 0.3) is 0 Å². The molecule has 0 bridgehead atoms. The highest BCUT2D eigenvalue weighted by atomic mass is 32.2. The molecule has 1 rings (SSSR count). The number of anilines is 1. The maximum Gasteiger partial charge on any atom is 0.311 e. The molecule has 0 aliphatic rings. The second kappa shape index (κ2) is 6.43. The van der Waals surface area contributed by atoms with Crippen LogP contribution in [0.1, 0.15) is 12.5 Å². The Labute approximate surface area is 101 Å². The van der Waals surface area contributed by atoms with Gasteiger partial charge in [-0.25, -0.2) is 0 Å². The number of benzene rings is 1. The predicted molar refractivity (Wildman–Crippen MR) is 68.8 cm³/mol. The molecule has 16 heavy (non-hydrogen) atoms. The average Bonchev–Trinajstić information content (AvgIpc) is 2.29. The first-order valence-corrected chi connectivity index (χ1v) is 6.44. The fraction of sp³-hybridized carbons (Fsp3) is 0.417. The molecule has 0 aromatic heterocycles. The van der Waals surface area contributed by atoms with Crippen molar-refractivity contribution >= 4 is 23.4 Å². The summed E-state index contributed by atoms with van der Waals surface area (Å²) in [6.07, 6.45) is 2.22. The Hall–Kier alpha value is -1.16. The third kappa shape index (κ3) is 3.77. The molecule has 0 fully saturated rings. The monoisotopic (exact) mass is 239 g/mol. The van der Waals surface area contributed by atoms with Gasteiger partial charge in [-0.1, -0.05) is 18.2 Å². The van der Waals surface area contributed by atoms with Gasteiger partial charge in [0.1, 0.15) is 5.44 Å². The van der Waals surface area contributed by atoms with Gasteiger partial charge in [0.05, 0.1) is 6.42 Å². The van der Waals surface area contributed by atoms with Gasteiger partial charge in [0, 0.05) is 12.7 Å². The first-order chi connectivity index (χ1) is 7.67. The molecule has 4 heteroatoms. The van der Waals surface area contributed by atoms with E-state index in [-0.39, 0.29) is 11.4 Å². The highest BCUT2D eigenvalue weighted by Gasteiger charge is 2.10. The van der Waals surface area contributed by atoms with E-state index >= 15 is 0 Å². The molecule has 0 radical (unpaired) electrons. The first-order valence-electron chi connectivity index (χ1n) is 5.15. The first kappa shape index (κ1) is 12.9. The SMILES string of the molecule is CNc1ccccc1CC(=O)OC(C)SC. The largest absolute Gasteiger partial charge is 0.451 e. The van der Waals surface area contributed by atoms with Gasteiger partial charge in [-0.15, -0.1) is 11.8 Å². The highest BCUT2D eigenvalue weighted by Crippen LogP contribution is 2.16. The maximum absolute atomic E-state index is 11.6. The Bertz CT molecular complexity index is 355. The van der Waals surface area contributed by atoms with Crippen LogP contribution in [0, 0.1) is 0 Å².